The smallest absolute Gasteiger partial charge is 0.255 e. The van der Waals surface area contributed by atoms with Crippen molar-refractivity contribution in [2.24, 2.45) is 0 Å². The highest BCUT2D eigenvalue weighted by molar-refractivity contribution is 9.15. The van der Waals surface area contributed by atoms with Crippen LogP contribution >= 0.6 is 23.3 Å². The van der Waals surface area contributed by atoms with Crippen molar-refractivity contribution in [1.29, 1.82) is 0 Å². The molecule has 2 nitrogen and oxygen atoms in total. The molecule has 0 N–H and O–H groups in total. The Kier molecular flexibility index (Phi) is 2.18. The van der Waals surface area contributed by atoms with E-state index >= 15 is 0 Å². The minimum absolute atomic E-state index is 0.782. The monoisotopic (exact) mass is 258 g/mol. The summed E-state index contributed by atoms with van der Waals surface area (Å²) in [5.74, 6) is 1.65. The van der Waals surface area contributed by atoms with Crippen molar-refractivity contribution >= 4 is 33.1 Å². The Labute approximate surface area is 85.2 Å². The summed E-state index contributed by atoms with van der Waals surface area (Å²) >= 11 is 3.36. The van der Waals surface area contributed by atoms with Gasteiger partial charge in [0.15, 0.2) is 0 Å². The number of hydrogen-bond donors (Lipinski definition) is 0. The van der Waals surface area contributed by atoms with Crippen LogP contribution in [0, 0.1) is 0 Å². The van der Waals surface area contributed by atoms with Gasteiger partial charge < -0.3 is 4.52 Å². The molecule has 0 spiro atoms. The van der Waals surface area contributed by atoms with Crippen molar-refractivity contribution in [3.8, 4) is 0 Å². The molecule has 0 radical (unpaired) electrons. The quantitative estimate of drug-likeness (QED) is 0.725. The van der Waals surface area contributed by atoms with Crippen molar-refractivity contribution in [3.63, 3.8) is 0 Å². The molecule has 1 unspecified atom stereocenters. The van der Waals surface area contributed by atoms with E-state index in [0.29, 0.717) is 0 Å². The Morgan fingerprint density at radius 2 is 2.08 bits per heavy atom. The maximum absolute atomic E-state index is 12.1. The van der Waals surface area contributed by atoms with Crippen LogP contribution in [-0.4, -0.2) is 7.11 Å². The van der Waals surface area contributed by atoms with Gasteiger partial charge in [-0.25, -0.2) is 0 Å². The van der Waals surface area contributed by atoms with Crippen LogP contribution in [-0.2, 0) is 9.09 Å². The molecule has 0 fully saturated rings. The fraction of sp³-hybridized carbons (Fsp3) is 0.111. The van der Waals surface area contributed by atoms with Crippen molar-refractivity contribution in [2.75, 3.05) is 7.11 Å². The Morgan fingerprint density at radius 3 is 2.77 bits per heavy atom. The lowest BCUT2D eigenvalue weighted by Crippen LogP contribution is -2.03. The van der Waals surface area contributed by atoms with Crippen LogP contribution in [0.5, 0.6) is 0 Å². The van der Waals surface area contributed by atoms with Crippen LogP contribution in [0.1, 0.15) is 5.56 Å². The van der Waals surface area contributed by atoms with Gasteiger partial charge in [0.05, 0.1) is 0 Å². The maximum Gasteiger partial charge on any atom is 0.255 e. The highest BCUT2D eigenvalue weighted by atomic mass is 79.9. The third kappa shape index (κ3) is 1.32. The van der Waals surface area contributed by atoms with Crippen LogP contribution < -0.4 is 5.30 Å². The van der Waals surface area contributed by atoms with Crippen LogP contribution in [0.2, 0.25) is 0 Å². The summed E-state index contributed by atoms with van der Waals surface area (Å²) in [6.45, 7) is 0. The van der Waals surface area contributed by atoms with Crippen molar-refractivity contribution in [2.45, 2.75) is 0 Å². The fourth-order valence-electron chi connectivity index (χ4n) is 1.39. The van der Waals surface area contributed by atoms with Gasteiger partial charge in [-0.3, -0.25) is 4.57 Å². The lowest BCUT2D eigenvalue weighted by Gasteiger charge is -2.08. The Balaban J connectivity index is 2.70. The summed E-state index contributed by atoms with van der Waals surface area (Å²) in [5, 5.41) is 0.782. The van der Waals surface area contributed by atoms with E-state index in [1.165, 1.54) is 7.11 Å². The second-order valence-corrected chi connectivity index (χ2v) is 5.93. The normalized spacial score (nSPS) is 25.5. The van der Waals surface area contributed by atoms with Crippen molar-refractivity contribution < 1.29 is 9.09 Å². The van der Waals surface area contributed by atoms with Crippen molar-refractivity contribution in [3.05, 3.63) is 35.6 Å². The minimum atomic E-state index is -2.71. The highest BCUT2D eigenvalue weighted by Gasteiger charge is 2.31. The molecule has 0 bridgehead atoms. The van der Waals surface area contributed by atoms with Gasteiger partial charge in [0.25, 0.3) is 7.37 Å². The first kappa shape index (κ1) is 9.20. The van der Waals surface area contributed by atoms with Crippen LogP contribution in [0.3, 0.4) is 0 Å². The number of benzene rings is 1. The first-order chi connectivity index (χ1) is 6.17. The molecule has 2 rings (SSSR count). The number of hydrogen-bond acceptors (Lipinski definition) is 2. The zero-order valence-electron chi connectivity index (χ0n) is 7.03. The fourth-order valence-corrected chi connectivity index (χ4v) is 4.40. The average Bonchev–Trinajstić information content (AvgIpc) is 2.42. The van der Waals surface area contributed by atoms with Gasteiger partial charge in [-0.05, 0) is 22.0 Å². The van der Waals surface area contributed by atoms with E-state index < -0.39 is 7.37 Å². The van der Waals surface area contributed by atoms with E-state index in [4.69, 9.17) is 4.52 Å². The molecule has 1 heterocycles. The predicted molar refractivity (Wildman–Crippen MR) is 57.6 cm³/mol. The number of halogens is 1. The van der Waals surface area contributed by atoms with Crippen molar-refractivity contribution in [1.82, 2.24) is 0 Å². The SMILES string of the molecule is COP1(=O)C=C(Br)c2ccccc21. The van der Waals surface area contributed by atoms with E-state index in [1.54, 1.807) is 5.82 Å². The molecule has 0 aromatic heterocycles. The van der Waals surface area contributed by atoms with Gasteiger partial charge in [0, 0.05) is 28.3 Å². The van der Waals surface area contributed by atoms with E-state index in [2.05, 4.69) is 15.9 Å². The molecule has 1 aliphatic heterocycles. The summed E-state index contributed by atoms with van der Waals surface area (Å²) in [5.41, 5.74) is 0.965. The lowest BCUT2D eigenvalue weighted by molar-refractivity contribution is 0.412. The number of fused-ring (bicyclic) bond motifs is 1. The summed E-state index contributed by atoms with van der Waals surface area (Å²) in [4.78, 5) is 0. The molecule has 1 aromatic carbocycles. The third-order valence-corrected chi connectivity index (χ3v) is 5.26. The topological polar surface area (TPSA) is 26.3 Å². The zero-order chi connectivity index (χ0) is 9.47. The lowest BCUT2D eigenvalue weighted by atomic mass is 10.2. The maximum atomic E-state index is 12.1. The van der Waals surface area contributed by atoms with Gasteiger partial charge in [-0.15, -0.1) is 0 Å². The molecular formula is C9H8BrO2P. The summed E-state index contributed by atoms with van der Waals surface area (Å²) in [6.07, 6.45) is 0. The van der Waals surface area contributed by atoms with Gasteiger partial charge in [-0.1, -0.05) is 18.2 Å². The first-order valence-electron chi connectivity index (χ1n) is 3.81. The second-order valence-electron chi connectivity index (χ2n) is 2.77. The molecule has 0 amide bonds. The van der Waals surface area contributed by atoms with Crippen LogP contribution in [0.15, 0.2) is 30.1 Å². The average molecular weight is 259 g/mol. The summed E-state index contributed by atoms with van der Waals surface area (Å²) in [7, 11) is -1.23. The Bertz CT molecular complexity index is 425. The van der Waals surface area contributed by atoms with Gasteiger partial charge in [-0.2, -0.15) is 0 Å². The molecule has 1 aromatic rings. The summed E-state index contributed by atoms with van der Waals surface area (Å²) in [6, 6.07) is 7.54. The highest BCUT2D eigenvalue weighted by Crippen LogP contribution is 2.55. The first-order valence-corrected chi connectivity index (χ1v) is 6.30. The molecule has 4 heteroatoms. The predicted octanol–water partition coefficient (Wildman–Crippen LogP) is 2.94. The molecule has 0 aliphatic carbocycles. The molecule has 68 valence electrons. The molecule has 0 saturated heterocycles. The molecule has 0 saturated carbocycles. The Morgan fingerprint density at radius 1 is 1.38 bits per heavy atom. The van der Waals surface area contributed by atoms with Crippen LogP contribution in [0.25, 0.3) is 4.48 Å². The standard InChI is InChI=1S/C9H8BrO2P/c1-12-13(11)6-8(10)7-4-2-3-5-9(7)13/h2-6H,1H3. The number of rotatable bonds is 1. The second kappa shape index (κ2) is 3.09. The van der Waals surface area contributed by atoms with E-state index in [-0.39, 0.29) is 0 Å². The van der Waals surface area contributed by atoms with Gasteiger partial charge in [0.2, 0.25) is 0 Å². The Hall–Kier alpha value is -0.370. The summed E-state index contributed by atoms with van der Waals surface area (Å²) < 4.78 is 18.0. The van der Waals surface area contributed by atoms with Crippen LogP contribution in [0.4, 0.5) is 0 Å². The molecule has 1 atom stereocenters. The molecular weight excluding hydrogens is 251 g/mol. The van der Waals surface area contributed by atoms with Gasteiger partial charge in [0.1, 0.15) is 0 Å². The van der Waals surface area contributed by atoms with E-state index in [1.807, 2.05) is 24.3 Å². The minimum Gasteiger partial charge on any atom is -0.326 e. The molecule has 13 heavy (non-hydrogen) atoms. The molecule has 1 aliphatic rings. The third-order valence-electron chi connectivity index (χ3n) is 2.05. The largest absolute Gasteiger partial charge is 0.326 e. The van der Waals surface area contributed by atoms with Gasteiger partial charge >= 0.3 is 0 Å². The van der Waals surface area contributed by atoms with E-state index in [9.17, 15) is 4.57 Å². The zero-order valence-corrected chi connectivity index (χ0v) is 9.51. The van der Waals surface area contributed by atoms with E-state index in [0.717, 1.165) is 15.4 Å².